The minimum absolute atomic E-state index is 0.108. The van der Waals surface area contributed by atoms with Crippen LogP contribution in [0.1, 0.15) is 68.8 Å². The van der Waals surface area contributed by atoms with Gasteiger partial charge in [-0.05, 0) is 95.7 Å². The molecule has 8 heteroatoms. The summed E-state index contributed by atoms with van der Waals surface area (Å²) in [5.41, 5.74) is 2.99. The highest BCUT2D eigenvalue weighted by Crippen LogP contribution is 2.37. The second-order valence-electron chi connectivity index (χ2n) is 10.5. The quantitative estimate of drug-likeness (QED) is 0.506. The number of hydrogen-bond acceptors (Lipinski definition) is 5. The van der Waals surface area contributed by atoms with Gasteiger partial charge in [0.2, 0.25) is 5.91 Å². The molecular formula is C28H37N3O5. The lowest BCUT2D eigenvalue weighted by molar-refractivity contribution is -0.141. The van der Waals surface area contributed by atoms with E-state index >= 15 is 0 Å². The summed E-state index contributed by atoms with van der Waals surface area (Å²) < 4.78 is 5.31. The van der Waals surface area contributed by atoms with E-state index in [9.17, 15) is 19.5 Å². The Morgan fingerprint density at radius 1 is 1.03 bits per heavy atom. The van der Waals surface area contributed by atoms with E-state index in [2.05, 4.69) is 10.6 Å². The maximum atomic E-state index is 13.8. The Hall–Kier alpha value is -3.55. The molecule has 0 bridgehead atoms. The van der Waals surface area contributed by atoms with Crippen molar-refractivity contribution in [2.45, 2.75) is 85.0 Å². The lowest BCUT2D eigenvalue weighted by Gasteiger charge is -2.34. The van der Waals surface area contributed by atoms with Crippen LogP contribution in [0, 0.1) is 20.8 Å². The molecule has 3 N–H and O–H groups in total. The molecule has 0 radical (unpaired) electrons. The maximum Gasteiger partial charge on any atom is 0.408 e. The van der Waals surface area contributed by atoms with Gasteiger partial charge in [0.05, 0.1) is 0 Å². The van der Waals surface area contributed by atoms with Crippen molar-refractivity contribution in [2.24, 2.45) is 0 Å². The molecule has 194 valence electrons. The van der Waals surface area contributed by atoms with E-state index in [0.717, 1.165) is 24.0 Å². The summed E-state index contributed by atoms with van der Waals surface area (Å²) in [6.45, 7) is 12.4. The Balaban J connectivity index is 1.97. The number of rotatable bonds is 7. The third-order valence-electron chi connectivity index (χ3n) is 6.09. The van der Waals surface area contributed by atoms with Gasteiger partial charge in [-0.2, -0.15) is 0 Å². The summed E-state index contributed by atoms with van der Waals surface area (Å²) in [6, 6.07) is 8.67. The van der Waals surface area contributed by atoms with Crippen LogP contribution in [0.4, 0.5) is 10.5 Å². The molecule has 0 saturated heterocycles. The molecule has 0 spiro atoms. The number of nitrogens with zero attached hydrogens (tertiary/aromatic N) is 1. The molecule has 3 rings (SSSR count). The molecule has 3 amide bonds. The lowest BCUT2D eigenvalue weighted by Crippen LogP contribution is -2.52. The van der Waals surface area contributed by atoms with Gasteiger partial charge >= 0.3 is 6.09 Å². The number of anilines is 1. The number of hydrogen-bond donors (Lipinski definition) is 3. The zero-order chi connectivity index (χ0) is 26.8. The van der Waals surface area contributed by atoms with Gasteiger partial charge in [-0.1, -0.05) is 24.3 Å². The number of carbonyl (C=O) groups is 3. The molecule has 2 aromatic rings. The number of nitrogens with one attached hydrogen (secondary N) is 2. The molecule has 0 aromatic heterocycles. The molecule has 1 aliphatic rings. The topological polar surface area (TPSA) is 108 Å². The van der Waals surface area contributed by atoms with Crippen molar-refractivity contribution in [1.29, 1.82) is 0 Å². The Labute approximate surface area is 213 Å². The maximum absolute atomic E-state index is 13.8. The highest BCUT2D eigenvalue weighted by Gasteiger charge is 2.43. The monoisotopic (exact) mass is 495 g/mol. The van der Waals surface area contributed by atoms with Crippen molar-refractivity contribution in [3.05, 3.63) is 58.7 Å². The number of phenols is 1. The van der Waals surface area contributed by atoms with Gasteiger partial charge < -0.3 is 25.4 Å². The van der Waals surface area contributed by atoms with E-state index in [1.54, 1.807) is 51.7 Å². The average Bonchev–Trinajstić information content (AvgIpc) is 3.59. The van der Waals surface area contributed by atoms with Crippen LogP contribution in [0.3, 0.4) is 0 Å². The molecule has 8 nitrogen and oxygen atoms in total. The van der Waals surface area contributed by atoms with E-state index in [1.165, 1.54) is 6.07 Å². The number of benzene rings is 2. The van der Waals surface area contributed by atoms with E-state index in [1.807, 2.05) is 32.0 Å². The standard InChI is InChI=1S/C28H37N3O5/c1-16-9-8-10-17(2)23(16)30-25(33)24(20-11-14-22(32)18(3)15-20)31(21-12-13-21)26(34)19(4)29-27(35)36-28(5,6)7/h8-11,14-15,19,21,24,32H,12-13H2,1-7H3,(H,29,35)(H,30,33). The van der Waals surface area contributed by atoms with Crippen molar-refractivity contribution in [1.82, 2.24) is 10.2 Å². The normalized spacial score (nSPS) is 15.0. The fourth-order valence-corrected chi connectivity index (χ4v) is 4.13. The average molecular weight is 496 g/mol. The zero-order valence-electron chi connectivity index (χ0n) is 22.1. The summed E-state index contributed by atoms with van der Waals surface area (Å²) in [4.78, 5) is 41.5. The van der Waals surface area contributed by atoms with E-state index in [4.69, 9.17) is 4.74 Å². The van der Waals surface area contributed by atoms with Crippen molar-refractivity contribution in [3.63, 3.8) is 0 Å². The van der Waals surface area contributed by atoms with Gasteiger partial charge in [0.1, 0.15) is 23.4 Å². The molecule has 1 fully saturated rings. The first-order valence-electron chi connectivity index (χ1n) is 12.3. The molecule has 2 atom stereocenters. The van der Waals surface area contributed by atoms with Crippen LogP contribution in [0.15, 0.2) is 36.4 Å². The number of para-hydroxylation sites is 1. The van der Waals surface area contributed by atoms with Crippen LogP contribution < -0.4 is 10.6 Å². The van der Waals surface area contributed by atoms with Crippen LogP contribution in [-0.2, 0) is 14.3 Å². The summed E-state index contributed by atoms with van der Waals surface area (Å²) >= 11 is 0. The van der Waals surface area contributed by atoms with Crippen LogP contribution in [0.5, 0.6) is 5.75 Å². The Kier molecular flexibility index (Phi) is 7.96. The predicted octanol–water partition coefficient (Wildman–Crippen LogP) is 4.90. The molecular weight excluding hydrogens is 458 g/mol. The molecule has 1 saturated carbocycles. The number of ether oxygens (including phenoxy) is 1. The summed E-state index contributed by atoms with van der Waals surface area (Å²) in [6.07, 6.45) is 0.820. The summed E-state index contributed by atoms with van der Waals surface area (Å²) in [5.74, 6) is -0.630. The Morgan fingerprint density at radius 3 is 2.17 bits per heavy atom. The lowest BCUT2D eigenvalue weighted by atomic mass is 9.99. The van der Waals surface area contributed by atoms with Crippen LogP contribution >= 0.6 is 0 Å². The SMILES string of the molecule is Cc1cc(C(C(=O)Nc2c(C)cccc2C)N(C(=O)C(C)NC(=O)OC(C)(C)C)C2CC2)ccc1O. The van der Waals surface area contributed by atoms with Gasteiger partial charge in [-0.3, -0.25) is 9.59 Å². The first-order chi connectivity index (χ1) is 16.8. The van der Waals surface area contributed by atoms with Crippen LogP contribution in [0.2, 0.25) is 0 Å². The molecule has 36 heavy (non-hydrogen) atoms. The second-order valence-corrected chi connectivity index (χ2v) is 10.5. The highest BCUT2D eigenvalue weighted by atomic mass is 16.6. The Bertz CT molecular complexity index is 1130. The van der Waals surface area contributed by atoms with Crippen molar-refractivity contribution < 1.29 is 24.2 Å². The fraction of sp³-hybridized carbons (Fsp3) is 0.464. The fourth-order valence-electron chi connectivity index (χ4n) is 4.13. The Morgan fingerprint density at radius 2 is 1.64 bits per heavy atom. The first-order valence-corrected chi connectivity index (χ1v) is 12.3. The number of amides is 3. The number of alkyl carbamates (subject to hydrolysis) is 1. The minimum Gasteiger partial charge on any atom is -0.508 e. The third-order valence-corrected chi connectivity index (χ3v) is 6.09. The van der Waals surface area contributed by atoms with Crippen molar-refractivity contribution >= 4 is 23.6 Å². The smallest absolute Gasteiger partial charge is 0.408 e. The largest absolute Gasteiger partial charge is 0.508 e. The number of aromatic hydroxyl groups is 1. The number of carbonyl (C=O) groups excluding carboxylic acids is 3. The molecule has 1 aliphatic carbocycles. The third kappa shape index (κ3) is 6.56. The molecule has 0 heterocycles. The summed E-state index contributed by atoms with van der Waals surface area (Å²) in [5, 5.41) is 15.7. The van der Waals surface area contributed by atoms with Gasteiger partial charge in [0, 0.05) is 11.7 Å². The van der Waals surface area contributed by atoms with Gasteiger partial charge in [-0.15, -0.1) is 0 Å². The summed E-state index contributed by atoms with van der Waals surface area (Å²) in [7, 11) is 0. The number of aryl methyl sites for hydroxylation is 3. The number of phenolic OH excluding ortho intramolecular Hbond substituents is 1. The first kappa shape index (κ1) is 27.0. The molecule has 0 aliphatic heterocycles. The zero-order valence-corrected chi connectivity index (χ0v) is 22.1. The van der Waals surface area contributed by atoms with Crippen molar-refractivity contribution in [2.75, 3.05) is 5.32 Å². The van der Waals surface area contributed by atoms with Gasteiger partial charge in [0.15, 0.2) is 0 Å². The van der Waals surface area contributed by atoms with E-state index < -0.39 is 23.8 Å². The highest BCUT2D eigenvalue weighted by molar-refractivity contribution is 6.00. The second kappa shape index (κ2) is 10.6. The molecule has 2 unspecified atom stereocenters. The van der Waals surface area contributed by atoms with E-state index in [-0.39, 0.29) is 23.6 Å². The minimum atomic E-state index is -0.953. The van der Waals surface area contributed by atoms with Crippen LogP contribution in [-0.4, -0.2) is 45.6 Å². The van der Waals surface area contributed by atoms with Gasteiger partial charge in [-0.25, -0.2) is 4.79 Å². The molecule has 2 aromatic carbocycles. The van der Waals surface area contributed by atoms with Gasteiger partial charge in [0.25, 0.3) is 5.91 Å². The van der Waals surface area contributed by atoms with E-state index in [0.29, 0.717) is 16.8 Å². The predicted molar refractivity (Wildman–Crippen MR) is 139 cm³/mol. The van der Waals surface area contributed by atoms with Crippen molar-refractivity contribution in [3.8, 4) is 5.75 Å². The van der Waals surface area contributed by atoms with Crippen LogP contribution in [0.25, 0.3) is 0 Å².